The molecule has 102 valence electrons. The van der Waals surface area contributed by atoms with Gasteiger partial charge in [0.05, 0.1) is 12.7 Å². The molecule has 0 N–H and O–H groups in total. The monoisotopic (exact) mass is 306 g/mol. The molecular formula is C16H12Cl2O2. The molecule has 2 rings (SSSR count). The number of benzene rings is 2. The highest BCUT2D eigenvalue weighted by atomic mass is 35.5. The lowest BCUT2D eigenvalue weighted by atomic mass is 10.1. The van der Waals surface area contributed by atoms with Gasteiger partial charge in [0.15, 0.2) is 0 Å². The van der Waals surface area contributed by atoms with Crippen molar-refractivity contribution in [1.82, 2.24) is 0 Å². The number of carbonyl (C=O) groups is 1. The molecule has 0 aliphatic heterocycles. The van der Waals surface area contributed by atoms with Crippen molar-refractivity contribution in [3.8, 4) is 0 Å². The van der Waals surface area contributed by atoms with Crippen LogP contribution in [-0.4, -0.2) is 13.1 Å². The largest absolute Gasteiger partial charge is 0.465 e. The van der Waals surface area contributed by atoms with E-state index in [0.29, 0.717) is 15.6 Å². The molecule has 4 heteroatoms. The second kappa shape index (κ2) is 6.60. The predicted molar refractivity (Wildman–Crippen MR) is 83.0 cm³/mol. The molecule has 0 radical (unpaired) electrons. The SMILES string of the molecule is COC(=O)c1ccc(/C=C(\Cl)c2cccc(Cl)c2)cc1. The Morgan fingerprint density at radius 3 is 2.40 bits per heavy atom. The first-order valence-corrected chi connectivity index (χ1v) is 6.67. The molecule has 20 heavy (non-hydrogen) atoms. The summed E-state index contributed by atoms with van der Waals surface area (Å²) in [5, 5.41) is 1.22. The van der Waals surface area contributed by atoms with Crippen LogP contribution in [0.1, 0.15) is 21.5 Å². The normalized spacial score (nSPS) is 11.2. The first kappa shape index (κ1) is 14.6. The van der Waals surface area contributed by atoms with Crippen LogP contribution in [-0.2, 0) is 4.74 Å². The minimum atomic E-state index is -0.360. The van der Waals surface area contributed by atoms with Crippen LogP contribution in [0.3, 0.4) is 0 Å². The lowest BCUT2D eigenvalue weighted by molar-refractivity contribution is 0.0601. The van der Waals surface area contributed by atoms with Crippen LogP contribution in [0.15, 0.2) is 48.5 Å². The number of esters is 1. The standard InChI is InChI=1S/C16H12Cl2O2/c1-20-16(19)12-7-5-11(6-8-12)9-15(18)13-3-2-4-14(17)10-13/h2-10H,1H3/b15-9-. The Morgan fingerprint density at radius 1 is 1.10 bits per heavy atom. The van der Waals surface area contributed by atoms with Crippen LogP contribution in [0.4, 0.5) is 0 Å². The second-order valence-corrected chi connectivity index (χ2v) is 4.96. The van der Waals surface area contributed by atoms with E-state index in [2.05, 4.69) is 4.74 Å². The molecular weight excluding hydrogens is 295 g/mol. The fraction of sp³-hybridized carbons (Fsp3) is 0.0625. The van der Waals surface area contributed by atoms with Gasteiger partial charge in [-0.15, -0.1) is 0 Å². The molecule has 0 saturated heterocycles. The van der Waals surface area contributed by atoms with Gasteiger partial charge in [0, 0.05) is 10.1 Å². The van der Waals surface area contributed by atoms with E-state index in [1.807, 2.05) is 18.2 Å². The van der Waals surface area contributed by atoms with Crippen LogP contribution in [0.2, 0.25) is 5.02 Å². The van der Waals surface area contributed by atoms with Gasteiger partial charge in [-0.25, -0.2) is 4.79 Å². The van der Waals surface area contributed by atoms with Gasteiger partial charge in [0.1, 0.15) is 0 Å². The average molecular weight is 307 g/mol. The molecule has 0 amide bonds. The van der Waals surface area contributed by atoms with E-state index in [-0.39, 0.29) is 5.97 Å². The number of halogens is 2. The Balaban J connectivity index is 2.24. The topological polar surface area (TPSA) is 26.3 Å². The molecule has 0 saturated carbocycles. The third-order valence-electron chi connectivity index (χ3n) is 2.73. The van der Waals surface area contributed by atoms with Crippen molar-refractivity contribution >= 4 is 40.3 Å². The van der Waals surface area contributed by atoms with Crippen LogP contribution >= 0.6 is 23.2 Å². The highest BCUT2D eigenvalue weighted by Gasteiger charge is 2.04. The molecule has 0 fully saturated rings. The van der Waals surface area contributed by atoms with Gasteiger partial charge >= 0.3 is 5.97 Å². The number of rotatable bonds is 3. The molecule has 2 nitrogen and oxygen atoms in total. The van der Waals surface area contributed by atoms with Gasteiger partial charge in [-0.05, 0) is 41.5 Å². The molecule has 0 atom stereocenters. The molecule has 2 aromatic carbocycles. The Bertz CT molecular complexity index is 646. The average Bonchev–Trinajstić information content (AvgIpc) is 2.47. The zero-order chi connectivity index (χ0) is 14.5. The van der Waals surface area contributed by atoms with Gasteiger partial charge in [0.2, 0.25) is 0 Å². The van der Waals surface area contributed by atoms with E-state index in [1.54, 1.807) is 36.4 Å². The fourth-order valence-corrected chi connectivity index (χ4v) is 2.13. The fourth-order valence-electron chi connectivity index (χ4n) is 1.70. The van der Waals surface area contributed by atoms with Gasteiger partial charge in [0.25, 0.3) is 0 Å². The first-order valence-electron chi connectivity index (χ1n) is 5.91. The third kappa shape index (κ3) is 3.62. The smallest absolute Gasteiger partial charge is 0.337 e. The molecule has 0 bridgehead atoms. The third-order valence-corrected chi connectivity index (χ3v) is 3.29. The minimum Gasteiger partial charge on any atom is -0.465 e. The molecule has 2 aromatic rings. The predicted octanol–water partition coefficient (Wildman–Crippen LogP) is 4.86. The van der Waals surface area contributed by atoms with Crippen LogP contribution in [0.25, 0.3) is 11.1 Å². The van der Waals surface area contributed by atoms with Crippen molar-refractivity contribution in [2.45, 2.75) is 0 Å². The zero-order valence-electron chi connectivity index (χ0n) is 10.8. The van der Waals surface area contributed by atoms with E-state index in [9.17, 15) is 4.79 Å². The Morgan fingerprint density at radius 2 is 1.80 bits per heavy atom. The summed E-state index contributed by atoms with van der Waals surface area (Å²) in [7, 11) is 1.35. The summed E-state index contributed by atoms with van der Waals surface area (Å²) in [6, 6.07) is 14.3. The van der Waals surface area contributed by atoms with Crippen molar-refractivity contribution in [2.75, 3.05) is 7.11 Å². The van der Waals surface area contributed by atoms with Gasteiger partial charge in [-0.2, -0.15) is 0 Å². The van der Waals surface area contributed by atoms with Crippen molar-refractivity contribution in [1.29, 1.82) is 0 Å². The van der Waals surface area contributed by atoms with Crippen molar-refractivity contribution < 1.29 is 9.53 Å². The molecule has 0 aliphatic rings. The number of ether oxygens (including phenoxy) is 1. The lowest BCUT2D eigenvalue weighted by Crippen LogP contribution is -2.00. The summed E-state index contributed by atoms with van der Waals surface area (Å²) in [5.41, 5.74) is 2.24. The Hall–Kier alpha value is -1.77. The summed E-state index contributed by atoms with van der Waals surface area (Å²) in [5.74, 6) is -0.360. The summed E-state index contributed by atoms with van der Waals surface area (Å²) in [6.45, 7) is 0. The summed E-state index contributed by atoms with van der Waals surface area (Å²) < 4.78 is 4.64. The van der Waals surface area contributed by atoms with Gasteiger partial charge < -0.3 is 4.74 Å². The Labute approximate surface area is 127 Å². The summed E-state index contributed by atoms with van der Waals surface area (Å²) in [4.78, 5) is 11.3. The number of carbonyl (C=O) groups excluding carboxylic acids is 1. The molecule has 0 aromatic heterocycles. The van der Waals surface area contributed by atoms with E-state index >= 15 is 0 Å². The lowest BCUT2D eigenvalue weighted by Gasteiger charge is -2.02. The van der Waals surface area contributed by atoms with Crippen molar-refractivity contribution in [3.05, 3.63) is 70.2 Å². The molecule has 0 aliphatic carbocycles. The first-order chi connectivity index (χ1) is 9.60. The number of hydrogen-bond acceptors (Lipinski definition) is 2. The Kier molecular flexibility index (Phi) is 4.83. The van der Waals surface area contributed by atoms with Gasteiger partial charge in [-0.1, -0.05) is 47.5 Å². The van der Waals surface area contributed by atoms with E-state index < -0.39 is 0 Å². The molecule has 0 unspecified atom stereocenters. The highest BCUT2D eigenvalue weighted by Crippen LogP contribution is 2.24. The number of hydrogen-bond donors (Lipinski definition) is 0. The maximum Gasteiger partial charge on any atom is 0.337 e. The second-order valence-electron chi connectivity index (χ2n) is 4.12. The van der Waals surface area contributed by atoms with Crippen LogP contribution in [0, 0.1) is 0 Å². The maximum atomic E-state index is 11.3. The maximum absolute atomic E-state index is 11.3. The van der Waals surface area contributed by atoms with Crippen LogP contribution in [0.5, 0.6) is 0 Å². The minimum absolute atomic E-state index is 0.360. The van der Waals surface area contributed by atoms with Crippen molar-refractivity contribution in [3.63, 3.8) is 0 Å². The highest BCUT2D eigenvalue weighted by molar-refractivity contribution is 6.51. The van der Waals surface area contributed by atoms with Crippen LogP contribution < -0.4 is 0 Å². The quantitative estimate of drug-likeness (QED) is 0.597. The van der Waals surface area contributed by atoms with Gasteiger partial charge in [-0.3, -0.25) is 0 Å². The zero-order valence-corrected chi connectivity index (χ0v) is 12.3. The molecule has 0 heterocycles. The van der Waals surface area contributed by atoms with E-state index in [4.69, 9.17) is 23.2 Å². The van der Waals surface area contributed by atoms with E-state index in [1.165, 1.54) is 7.11 Å². The summed E-state index contributed by atoms with van der Waals surface area (Å²) in [6.07, 6.45) is 1.81. The van der Waals surface area contributed by atoms with E-state index in [0.717, 1.165) is 11.1 Å². The molecule has 0 spiro atoms. The summed E-state index contributed by atoms with van der Waals surface area (Å²) >= 11 is 12.2. The number of methoxy groups -OCH3 is 1. The van der Waals surface area contributed by atoms with Crippen molar-refractivity contribution in [2.24, 2.45) is 0 Å².